The molecule has 0 saturated carbocycles. The third-order valence-electron chi connectivity index (χ3n) is 6.55. The fourth-order valence-corrected chi connectivity index (χ4v) is 4.65. The maximum atomic E-state index is 13.1. The van der Waals surface area contributed by atoms with Gasteiger partial charge in [0.2, 0.25) is 0 Å². The number of nitrogens with one attached hydrogen (secondary N) is 1. The Morgan fingerprint density at radius 1 is 1.25 bits per heavy atom. The van der Waals surface area contributed by atoms with E-state index < -0.39 is 0 Å². The molecule has 0 aromatic carbocycles. The number of nitrogens with zero attached hydrogens (tertiary/aromatic N) is 5. The summed E-state index contributed by atoms with van der Waals surface area (Å²) in [5, 5.41) is 10.4. The molecule has 2 fully saturated rings. The summed E-state index contributed by atoms with van der Waals surface area (Å²) in [6.45, 7) is 7.04. The first-order valence-corrected chi connectivity index (χ1v) is 10.1. The van der Waals surface area contributed by atoms with Crippen LogP contribution in [0.2, 0.25) is 0 Å². The van der Waals surface area contributed by atoms with Crippen LogP contribution in [0.4, 0.5) is 10.5 Å². The third kappa shape index (κ3) is 3.17. The molecule has 2 saturated heterocycles. The Morgan fingerprint density at radius 2 is 2.07 bits per heavy atom. The number of H-pyrrole nitrogens is 1. The van der Waals surface area contributed by atoms with Crippen LogP contribution < -0.4 is 4.90 Å². The highest BCUT2D eigenvalue weighted by atomic mass is 16.2. The molecule has 0 spiro atoms. The quantitative estimate of drug-likeness (QED) is 0.869. The number of rotatable bonds is 2. The molecular formula is C21H28N6O. The average Bonchev–Trinajstić information content (AvgIpc) is 3.33. The van der Waals surface area contributed by atoms with Crippen molar-refractivity contribution in [1.82, 2.24) is 19.8 Å². The summed E-state index contributed by atoms with van der Waals surface area (Å²) in [6, 6.07) is 6.76. The van der Waals surface area contributed by atoms with E-state index in [0.29, 0.717) is 25.6 Å². The summed E-state index contributed by atoms with van der Waals surface area (Å²) in [5.74, 6) is 0.681. The first-order chi connectivity index (χ1) is 13.5. The van der Waals surface area contributed by atoms with Gasteiger partial charge < -0.3 is 19.7 Å². The second kappa shape index (κ2) is 7.34. The molecular weight excluding hydrogens is 352 g/mol. The van der Waals surface area contributed by atoms with E-state index in [1.54, 1.807) is 0 Å². The molecule has 2 aromatic heterocycles. The number of amides is 2. The smallest absolute Gasteiger partial charge is 0.320 e. The monoisotopic (exact) mass is 380 g/mol. The number of carbonyl (C=O) groups excluding carboxylic acids is 1. The van der Waals surface area contributed by atoms with Gasteiger partial charge in [-0.1, -0.05) is 13.8 Å². The lowest BCUT2D eigenvalue weighted by Crippen LogP contribution is -2.55. The summed E-state index contributed by atoms with van der Waals surface area (Å²) < 4.78 is 0. The lowest BCUT2D eigenvalue weighted by molar-refractivity contribution is 0.132. The Morgan fingerprint density at radius 3 is 2.82 bits per heavy atom. The fraction of sp³-hybridized carbons (Fsp3) is 0.571. The first-order valence-electron chi connectivity index (χ1n) is 10.1. The number of carbonyl (C=O) groups is 1. The number of urea groups is 1. The zero-order valence-corrected chi connectivity index (χ0v) is 16.8. The molecule has 1 N–H and O–H groups in total. The highest BCUT2D eigenvalue weighted by Crippen LogP contribution is 2.31. The van der Waals surface area contributed by atoms with Gasteiger partial charge in [-0.25, -0.2) is 9.78 Å². The van der Waals surface area contributed by atoms with Crippen LogP contribution >= 0.6 is 0 Å². The molecule has 2 aliphatic rings. The maximum absolute atomic E-state index is 13.1. The maximum Gasteiger partial charge on any atom is 0.320 e. The summed E-state index contributed by atoms with van der Waals surface area (Å²) in [6.07, 6.45) is 4.72. The number of hydrogen-bond acceptors (Lipinski definition) is 4. The number of hydrogen-bond donors (Lipinski definition) is 1. The highest BCUT2D eigenvalue weighted by Gasteiger charge is 2.38. The van der Waals surface area contributed by atoms with Crippen molar-refractivity contribution in [3.63, 3.8) is 0 Å². The molecule has 4 rings (SSSR count). The van der Waals surface area contributed by atoms with Crippen LogP contribution in [-0.4, -0.2) is 65.1 Å². The van der Waals surface area contributed by atoms with Gasteiger partial charge in [0.05, 0.1) is 12.0 Å². The number of fused-ring (bicyclic) bond motifs is 1. The van der Waals surface area contributed by atoms with E-state index >= 15 is 0 Å². The SMILES string of the molecule is CC1CN(C(=O)N2CC[C@@H](C)C(N(C)c3ccnc4[nH]ccc34)C2)CC1C#N. The van der Waals surface area contributed by atoms with Crippen molar-refractivity contribution in [1.29, 1.82) is 5.26 Å². The lowest BCUT2D eigenvalue weighted by atomic mass is 9.92. The van der Waals surface area contributed by atoms with Crippen LogP contribution in [0.3, 0.4) is 0 Å². The molecule has 0 aliphatic carbocycles. The van der Waals surface area contributed by atoms with Crippen molar-refractivity contribution in [3.05, 3.63) is 24.5 Å². The molecule has 0 radical (unpaired) electrons. The van der Waals surface area contributed by atoms with Gasteiger partial charge >= 0.3 is 6.03 Å². The largest absolute Gasteiger partial charge is 0.369 e. The number of piperidine rings is 1. The Labute approximate surface area is 165 Å². The Hall–Kier alpha value is -2.75. The summed E-state index contributed by atoms with van der Waals surface area (Å²) in [4.78, 5) is 26.8. The minimum absolute atomic E-state index is 0.0511. The molecule has 2 aliphatic heterocycles. The van der Waals surface area contributed by atoms with E-state index in [0.717, 1.165) is 29.7 Å². The van der Waals surface area contributed by atoms with Gasteiger partial charge in [0.1, 0.15) is 5.65 Å². The van der Waals surface area contributed by atoms with Crippen molar-refractivity contribution in [3.8, 4) is 6.07 Å². The molecule has 148 valence electrons. The van der Waals surface area contributed by atoms with E-state index in [1.165, 1.54) is 0 Å². The standard InChI is InChI=1S/C21H28N6O/c1-14-6-9-26(21(28)27-11-15(2)16(10-22)12-27)13-19(14)25(3)18-5-8-24-20-17(18)4-7-23-20/h4-5,7-8,14-16,19H,6,9,11-13H2,1-3H3,(H,23,24)/t14-,15?,16?,19?/m1/s1. The summed E-state index contributed by atoms with van der Waals surface area (Å²) in [7, 11) is 2.11. The Balaban J connectivity index is 1.51. The zero-order valence-electron chi connectivity index (χ0n) is 16.8. The predicted octanol–water partition coefficient (Wildman–Crippen LogP) is 2.92. The van der Waals surface area contributed by atoms with E-state index in [2.05, 4.69) is 47.9 Å². The molecule has 4 heterocycles. The van der Waals surface area contributed by atoms with Gasteiger partial charge in [-0.05, 0) is 30.4 Å². The summed E-state index contributed by atoms with van der Waals surface area (Å²) in [5.41, 5.74) is 2.02. The number of anilines is 1. The number of likely N-dealkylation sites (N-methyl/N-ethyl adjacent to an activating group) is 1. The molecule has 7 nitrogen and oxygen atoms in total. The van der Waals surface area contributed by atoms with Crippen molar-refractivity contribution in [2.24, 2.45) is 17.8 Å². The van der Waals surface area contributed by atoms with Crippen LogP contribution in [0.5, 0.6) is 0 Å². The van der Waals surface area contributed by atoms with Crippen molar-refractivity contribution >= 4 is 22.8 Å². The van der Waals surface area contributed by atoms with E-state index in [1.807, 2.05) is 28.3 Å². The van der Waals surface area contributed by atoms with Crippen LogP contribution in [0.15, 0.2) is 24.5 Å². The van der Waals surface area contributed by atoms with Gasteiger partial charge in [-0.2, -0.15) is 5.26 Å². The van der Waals surface area contributed by atoms with E-state index in [9.17, 15) is 10.1 Å². The van der Waals surface area contributed by atoms with Gasteiger partial charge in [-0.3, -0.25) is 0 Å². The van der Waals surface area contributed by atoms with Crippen molar-refractivity contribution in [2.75, 3.05) is 38.1 Å². The molecule has 7 heteroatoms. The Kier molecular flexibility index (Phi) is 4.88. The highest BCUT2D eigenvalue weighted by molar-refractivity contribution is 5.89. The lowest BCUT2D eigenvalue weighted by Gasteiger charge is -2.43. The van der Waals surface area contributed by atoms with Crippen LogP contribution in [0.25, 0.3) is 11.0 Å². The molecule has 4 atom stereocenters. The molecule has 28 heavy (non-hydrogen) atoms. The van der Waals surface area contributed by atoms with Crippen LogP contribution in [0, 0.1) is 29.1 Å². The number of nitriles is 1. The number of pyridine rings is 1. The van der Waals surface area contributed by atoms with Crippen LogP contribution in [-0.2, 0) is 0 Å². The minimum atomic E-state index is -0.0511. The van der Waals surface area contributed by atoms with Gasteiger partial charge in [-0.15, -0.1) is 0 Å². The topological polar surface area (TPSA) is 79.3 Å². The molecule has 3 unspecified atom stereocenters. The van der Waals surface area contributed by atoms with Crippen molar-refractivity contribution in [2.45, 2.75) is 26.3 Å². The zero-order chi connectivity index (χ0) is 19.8. The second-order valence-electron chi connectivity index (χ2n) is 8.36. The number of aromatic nitrogens is 2. The normalized spacial score (nSPS) is 27.8. The summed E-state index contributed by atoms with van der Waals surface area (Å²) >= 11 is 0. The predicted molar refractivity (Wildman–Crippen MR) is 109 cm³/mol. The minimum Gasteiger partial charge on any atom is -0.369 e. The molecule has 2 amide bonds. The fourth-order valence-electron chi connectivity index (χ4n) is 4.65. The molecule has 2 aromatic rings. The Bertz CT molecular complexity index is 902. The third-order valence-corrected chi connectivity index (χ3v) is 6.55. The van der Waals surface area contributed by atoms with Gasteiger partial charge in [0.15, 0.2) is 0 Å². The van der Waals surface area contributed by atoms with E-state index in [-0.39, 0.29) is 23.9 Å². The number of aromatic amines is 1. The van der Waals surface area contributed by atoms with Gasteiger partial charge in [0, 0.05) is 62.7 Å². The first kappa shape index (κ1) is 18.6. The second-order valence-corrected chi connectivity index (χ2v) is 8.36. The molecule has 0 bridgehead atoms. The van der Waals surface area contributed by atoms with E-state index in [4.69, 9.17) is 0 Å². The van der Waals surface area contributed by atoms with Crippen molar-refractivity contribution < 1.29 is 4.79 Å². The average molecular weight is 380 g/mol. The van der Waals surface area contributed by atoms with Gasteiger partial charge in [0.25, 0.3) is 0 Å². The van der Waals surface area contributed by atoms with Crippen LogP contribution in [0.1, 0.15) is 20.3 Å². The number of likely N-dealkylation sites (tertiary alicyclic amines) is 2.